The zero-order chi connectivity index (χ0) is 12.6. The Morgan fingerprint density at radius 3 is 2.61 bits per heavy atom. The van der Waals surface area contributed by atoms with E-state index in [0.29, 0.717) is 0 Å². The molecule has 3 heteroatoms. The topological polar surface area (TPSA) is 34.1 Å². The summed E-state index contributed by atoms with van der Waals surface area (Å²) in [6.45, 7) is 3.03. The number of nitrogens with zero attached hydrogens (tertiary/aromatic N) is 1. The van der Waals surface area contributed by atoms with E-state index in [9.17, 15) is 0 Å². The first-order valence-electron chi connectivity index (χ1n) is 6.31. The molecule has 0 spiro atoms. The van der Waals surface area contributed by atoms with E-state index in [0.717, 1.165) is 36.4 Å². The van der Waals surface area contributed by atoms with Crippen molar-refractivity contribution in [1.82, 2.24) is 10.5 Å². The molecule has 18 heavy (non-hydrogen) atoms. The van der Waals surface area contributed by atoms with Gasteiger partial charge in [-0.2, -0.15) is 5.48 Å². The quantitative estimate of drug-likeness (QED) is 0.622. The van der Waals surface area contributed by atoms with Gasteiger partial charge in [-0.05, 0) is 42.8 Å². The summed E-state index contributed by atoms with van der Waals surface area (Å²) < 4.78 is 0. The lowest BCUT2D eigenvalue weighted by Gasteiger charge is -2.07. The number of benzene rings is 1. The molecule has 1 aromatic carbocycles. The summed E-state index contributed by atoms with van der Waals surface area (Å²) in [5.41, 5.74) is 5.02. The van der Waals surface area contributed by atoms with E-state index in [4.69, 9.17) is 4.84 Å². The van der Waals surface area contributed by atoms with Crippen LogP contribution in [0.5, 0.6) is 5.75 Å². The predicted molar refractivity (Wildman–Crippen MR) is 73.2 cm³/mol. The molecule has 0 saturated heterocycles. The Morgan fingerprint density at radius 2 is 1.94 bits per heavy atom. The first kappa shape index (κ1) is 12.6. The van der Waals surface area contributed by atoms with Crippen LogP contribution in [0, 0.1) is 0 Å². The van der Waals surface area contributed by atoms with E-state index in [2.05, 4.69) is 17.4 Å². The summed E-state index contributed by atoms with van der Waals surface area (Å²) in [7, 11) is 0. The fourth-order valence-electron chi connectivity index (χ4n) is 1.61. The Bertz CT molecular complexity index is 454. The minimum Gasteiger partial charge on any atom is -0.409 e. The van der Waals surface area contributed by atoms with E-state index in [1.807, 2.05) is 42.5 Å². The summed E-state index contributed by atoms with van der Waals surface area (Å²) in [6.07, 6.45) is 4.08. The molecule has 3 nitrogen and oxygen atoms in total. The first-order chi connectivity index (χ1) is 8.90. The van der Waals surface area contributed by atoms with Crippen molar-refractivity contribution in [2.24, 2.45) is 0 Å². The summed E-state index contributed by atoms with van der Waals surface area (Å²) >= 11 is 0. The lowest BCUT2D eigenvalue weighted by Crippen LogP contribution is -2.19. The highest BCUT2D eigenvalue weighted by Gasteiger charge is 1.99. The lowest BCUT2D eigenvalue weighted by molar-refractivity contribution is 0.194. The molecular formula is C15H18N2O. The molecule has 0 aliphatic heterocycles. The molecule has 0 fully saturated rings. The summed E-state index contributed by atoms with van der Waals surface area (Å²) in [5.74, 6) is 0.825. The molecule has 1 heterocycles. The monoisotopic (exact) mass is 242 g/mol. The highest BCUT2D eigenvalue weighted by molar-refractivity contribution is 5.59. The van der Waals surface area contributed by atoms with Gasteiger partial charge >= 0.3 is 0 Å². The van der Waals surface area contributed by atoms with Gasteiger partial charge in [0.1, 0.15) is 5.75 Å². The van der Waals surface area contributed by atoms with Crippen molar-refractivity contribution in [2.45, 2.75) is 19.8 Å². The third-order valence-corrected chi connectivity index (χ3v) is 2.64. The largest absolute Gasteiger partial charge is 0.409 e. The summed E-state index contributed by atoms with van der Waals surface area (Å²) in [6, 6.07) is 13.8. The van der Waals surface area contributed by atoms with Crippen LogP contribution in [0.1, 0.15) is 19.8 Å². The molecule has 0 unspecified atom stereocenters. The number of pyridine rings is 1. The molecule has 1 aromatic heterocycles. The van der Waals surface area contributed by atoms with Crippen molar-refractivity contribution in [3.63, 3.8) is 0 Å². The van der Waals surface area contributed by atoms with Crippen LogP contribution in [0.15, 0.2) is 48.7 Å². The molecular weight excluding hydrogens is 224 g/mol. The normalized spacial score (nSPS) is 10.3. The van der Waals surface area contributed by atoms with Gasteiger partial charge in [0.2, 0.25) is 0 Å². The zero-order valence-corrected chi connectivity index (χ0v) is 10.6. The highest BCUT2D eigenvalue weighted by Crippen LogP contribution is 2.19. The molecule has 2 aromatic rings. The minimum atomic E-state index is 0.825. The van der Waals surface area contributed by atoms with Gasteiger partial charge < -0.3 is 4.84 Å². The van der Waals surface area contributed by atoms with E-state index >= 15 is 0 Å². The second kappa shape index (κ2) is 6.77. The maximum absolute atomic E-state index is 5.43. The van der Waals surface area contributed by atoms with Crippen LogP contribution >= 0.6 is 0 Å². The molecule has 94 valence electrons. The lowest BCUT2D eigenvalue weighted by atomic mass is 10.1. The van der Waals surface area contributed by atoms with Crippen LogP contribution in [0.3, 0.4) is 0 Å². The standard InChI is InChI=1S/C15H18N2O/c1-2-3-12-17-18-14-9-7-13(8-10-14)15-6-4-5-11-16-15/h4-11,17H,2-3,12H2,1H3. The molecule has 0 amide bonds. The number of hydroxylamine groups is 1. The van der Waals surface area contributed by atoms with Gasteiger partial charge in [0.15, 0.2) is 0 Å². The van der Waals surface area contributed by atoms with Gasteiger partial charge in [0.25, 0.3) is 0 Å². The van der Waals surface area contributed by atoms with Gasteiger partial charge in [-0.1, -0.05) is 19.4 Å². The van der Waals surface area contributed by atoms with E-state index in [1.54, 1.807) is 6.20 Å². The number of hydrogen-bond acceptors (Lipinski definition) is 3. The molecule has 1 N–H and O–H groups in total. The van der Waals surface area contributed by atoms with Crippen molar-refractivity contribution in [2.75, 3.05) is 6.54 Å². The van der Waals surface area contributed by atoms with Crippen LogP contribution in [0.2, 0.25) is 0 Å². The smallest absolute Gasteiger partial charge is 0.147 e. The maximum atomic E-state index is 5.43. The molecule has 0 radical (unpaired) electrons. The van der Waals surface area contributed by atoms with Crippen LogP contribution in [-0.4, -0.2) is 11.5 Å². The number of aromatic nitrogens is 1. The van der Waals surface area contributed by atoms with Gasteiger partial charge in [0, 0.05) is 18.3 Å². The molecule has 0 aliphatic carbocycles. The molecule has 0 bridgehead atoms. The number of hydrogen-bond donors (Lipinski definition) is 1. The van der Waals surface area contributed by atoms with Gasteiger partial charge in [-0.25, -0.2) is 0 Å². The number of rotatable bonds is 6. The molecule has 0 aliphatic rings. The fourth-order valence-corrected chi connectivity index (χ4v) is 1.61. The van der Waals surface area contributed by atoms with Crippen molar-refractivity contribution >= 4 is 0 Å². The Kier molecular flexibility index (Phi) is 4.73. The highest BCUT2D eigenvalue weighted by atomic mass is 16.6. The maximum Gasteiger partial charge on any atom is 0.147 e. The zero-order valence-electron chi connectivity index (χ0n) is 10.6. The first-order valence-corrected chi connectivity index (χ1v) is 6.31. The molecule has 2 rings (SSSR count). The van der Waals surface area contributed by atoms with Gasteiger partial charge in [0.05, 0.1) is 5.69 Å². The second-order valence-corrected chi connectivity index (χ2v) is 4.09. The second-order valence-electron chi connectivity index (χ2n) is 4.09. The third-order valence-electron chi connectivity index (χ3n) is 2.64. The van der Waals surface area contributed by atoms with Gasteiger partial charge in [-0.3, -0.25) is 4.98 Å². The summed E-state index contributed by atoms with van der Waals surface area (Å²) in [5, 5.41) is 0. The van der Waals surface area contributed by atoms with Crippen LogP contribution in [0.25, 0.3) is 11.3 Å². The minimum absolute atomic E-state index is 0.825. The van der Waals surface area contributed by atoms with Crippen LogP contribution in [-0.2, 0) is 0 Å². The van der Waals surface area contributed by atoms with Crippen molar-refractivity contribution in [1.29, 1.82) is 0 Å². The Labute approximate surface area is 108 Å². The molecule has 0 atom stereocenters. The van der Waals surface area contributed by atoms with Crippen molar-refractivity contribution in [3.8, 4) is 17.0 Å². The van der Waals surface area contributed by atoms with Crippen molar-refractivity contribution < 1.29 is 4.84 Å². The van der Waals surface area contributed by atoms with Gasteiger partial charge in [-0.15, -0.1) is 0 Å². The Hall–Kier alpha value is -1.87. The fraction of sp³-hybridized carbons (Fsp3) is 0.267. The molecule has 0 saturated carbocycles. The Balaban J connectivity index is 1.94. The number of unbranched alkanes of at least 4 members (excludes halogenated alkanes) is 1. The average Bonchev–Trinajstić information content (AvgIpc) is 2.45. The third kappa shape index (κ3) is 3.57. The average molecular weight is 242 g/mol. The predicted octanol–water partition coefficient (Wildman–Crippen LogP) is 3.43. The van der Waals surface area contributed by atoms with E-state index in [1.165, 1.54) is 0 Å². The number of nitrogens with one attached hydrogen (secondary N) is 1. The van der Waals surface area contributed by atoms with E-state index < -0.39 is 0 Å². The van der Waals surface area contributed by atoms with Crippen LogP contribution in [0.4, 0.5) is 0 Å². The summed E-state index contributed by atoms with van der Waals surface area (Å²) in [4.78, 5) is 9.74. The SMILES string of the molecule is CCCCNOc1ccc(-c2ccccn2)cc1. The Morgan fingerprint density at radius 1 is 1.11 bits per heavy atom. The van der Waals surface area contributed by atoms with Crippen LogP contribution < -0.4 is 10.3 Å². The van der Waals surface area contributed by atoms with E-state index in [-0.39, 0.29) is 0 Å². The van der Waals surface area contributed by atoms with Crippen molar-refractivity contribution in [3.05, 3.63) is 48.7 Å².